The molecule has 74 valence electrons. The Hall–Kier alpha value is -0.590. The first-order valence-corrected chi connectivity index (χ1v) is 5.53. The predicted molar refractivity (Wildman–Crippen MR) is 58.3 cm³/mol. The number of rotatable bonds is 3. The average molecular weight is 179 g/mol. The molecule has 0 aromatic carbocycles. The van der Waals surface area contributed by atoms with Gasteiger partial charge in [0.15, 0.2) is 0 Å². The number of allylic oxidation sites excluding steroid dienone is 2. The van der Waals surface area contributed by atoms with Crippen LogP contribution >= 0.6 is 0 Å². The van der Waals surface area contributed by atoms with E-state index in [-0.39, 0.29) is 0 Å². The minimum Gasteiger partial charge on any atom is -0.305 e. The van der Waals surface area contributed by atoms with Crippen molar-refractivity contribution in [3.05, 3.63) is 11.6 Å². The fourth-order valence-electron chi connectivity index (χ4n) is 2.20. The molecule has 1 N–H and O–H groups in total. The molecule has 0 aliphatic heterocycles. The molecule has 0 amide bonds. The van der Waals surface area contributed by atoms with Crippen LogP contribution in [0.4, 0.5) is 0 Å². The zero-order valence-corrected chi connectivity index (χ0v) is 8.90. The third-order valence-corrected chi connectivity index (χ3v) is 3.09. The maximum atomic E-state index is 8.07. The van der Waals surface area contributed by atoms with E-state index >= 15 is 0 Å². The molecule has 0 radical (unpaired) electrons. The van der Waals surface area contributed by atoms with E-state index in [4.69, 9.17) is 5.41 Å². The van der Waals surface area contributed by atoms with E-state index in [2.05, 4.69) is 19.9 Å². The molecule has 1 heteroatoms. The first-order chi connectivity index (χ1) is 6.29. The molecule has 0 heterocycles. The molecular formula is C12H21N. The van der Waals surface area contributed by atoms with Crippen molar-refractivity contribution in [2.45, 2.75) is 52.4 Å². The summed E-state index contributed by atoms with van der Waals surface area (Å²) in [6.45, 7) is 4.20. The zero-order chi connectivity index (χ0) is 9.68. The number of nitrogens with one attached hydrogen (secondary N) is 1. The van der Waals surface area contributed by atoms with Crippen LogP contribution in [-0.4, -0.2) is 5.71 Å². The lowest BCUT2D eigenvalue weighted by Crippen LogP contribution is -2.18. The topological polar surface area (TPSA) is 23.9 Å². The van der Waals surface area contributed by atoms with Crippen LogP contribution in [0.1, 0.15) is 52.4 Å². The van der Waals surface area contributed by atoms with Gasteiger partial charge in [0.25, 0.3) is 0 Å². The van der Waals surface area contributed by atoms with Crippen LogP contribution in [0, 0.1) is 11.3 Å². The molecule has 1 nitrogen and oxygen atoms in total. The van der Waals surface area contributed by atoms with Crippen LogP contribution in [-0.2, 0) is 0 Å². The quantitative estimate of drug-likeness (QED) is 0.634. The molecule has 0 bridgehead atoms. The fourth-order valence-corrected chi connectivity index (χ4v) is 2.20. The third-order valence-electron chi connectivity index (χ3n) is 3.09. The van der Waals surface area contributed by atoms with Crippen molar-refractivity contribution < 1.29 is 0 Å². The molecule has 1 aliphatic carbocycles. The summed E-state index contributed by atoms with van der Waals surface area (Å²) in [5.74, 6) is 0.569. The highest BCUT2D eigenvalue weighted by Crippen LogP contribution is 2.27. The second-order valence-corrected chi connectivity index (χ2v) is 3.92. The Morgan fingerprint density at radius 1 is 1.31 bits per heavy atom. The Balaban J connectivity index is 2.54. The lowest BCUT2D eigenvalue weighted by atomic mass is 9.82. The van der Waals surface area contributed by atoms with Gasteiger partial charge in [0, 0.05) is 11.6 Å². The smallest absolute Gasteiger partial charge is 0.0373 e. The van der Waals surface area contributed by atoms with E-state index in [9.17, 15) is 0 Å². The van der Waals surface area contributed by atoms with E-state index in [0.29, 0.717) is 5.92 Å². The molecule has 0 aromatic rings. The van der Waals surface area contributed by atoms with Crippen molar-refractivity contribution in [2.24, 2.45) is 5.92 Å². The predicted octanol–water partition coefficient (Wildman–Crippen LogP) is 3.94. The zero-order valence-electron chi connectivity index (χ0n) is 8.90. The lowest BCUT2D eigenvalue weighted by molar-refractivity contribution is 0.438. The molecule has 1 fully saturated rings. The molecule has 1 rings (SSSR count). The van der Waals surface area contributed by atoms with Crippen molar-refractivity contribution in [1.29, 1.82) is 5.41 Å². The minimum atomic E-state index is 0.569. The van der Waals surface area contributed by atoms with Crippen LogP contribution in [0.15, 0.2) is 11.6 Å². The Labute approximate surface area is 81.7 Å². The van der Waals surface area contributed by atoms with Crippen LogP contribution in [0.2, 0.25) is 0 Å². The largest absolute Gasteiger partial charge is 0.305 e. The van der Waals surface area contributed by atoms with E-state index in [1.165, 1.54) is 37.7 Å². The second kappa shape index (κ2) is 5.21. The van der Waals surface area contributed by atoms with Gasteiger partial charge in [0.05, 0.1) is 0 Å². The molecule has 1 saturated carbocycles. The standard InChI is InChI=1S/C12H21N/c1-3-10(4-2)12(13)11-8-6-5-7-9-11/h3,11,13H,4-9H2,1-2H3/b10-3-,13-12?. The van der Waals surface area contributed by atoms with E-state index in [1.807, 2.05) is 0 Å². The summed E-state index contributed by atoms with van der Waals surface area (Å²) in [5, 5.41) is 8.07. The van der Waals surface area contributed by atoms with E-state index in [0.717, 1.165) is 12.1 Å². The summed E-state index contributed by atoms with van der Waals surface area (Å²) in [6.07, 6.45) is 9.65. The van der Waals surface area contributed by atoms with Gasteiger partial charge in [-0.2, -0.15) is 0 Å². The highest BCUT2D eigenvalue weighted by molar-refractivity contribution is 5.99. The minimum absolute atomic E-state index is 0.569. The SMILES string of the molecule is C/C=C(/CC)C(=N)C1CCCCC1. The number of hydrogen-bond donors (Lipinski definition) is 1. The Bertz CT molecular complexity index is 197. The van der Waals surface area contributed by atoms with Gasteiger partial charge < -0.3 is 5.41 Å². The van der Waals surface area contributed by atoms with Crippen molar-refractivity contribution >= 4 is 5.71 Å². The van der Waals surface area contributed by atoms with Crippen molar-refractivity contribution in [1.82, 2.24) is 0 Å². The van der Waals surface area contributed by atoms with Gasteiger partial charge in [-0.15, -0.1) is 0 Å². The molecule has 0 spiro atoms. The van der Waals surface area contributed by atoms with E-state index in [1.54, 1.807) is 0 Å². The van der Waals surface area contributed by atoms with Crippen molar-refractivity contribution in [3.8, 4) is 0 Å². The highest BCUT2D eigenvalue weighted by Gasteiger charge is 2.19. The fraction of sp³-hybridized carbons (Fsp3) is 0.750. The molecular weight excluding hydrogens is 158 g/mol. The summed E-state index contributed by atoms with van der Waals surface area (Å²) >= 11 is 0. The lowest BCUT2D eigenvalue weighted by Gasteiger charge is -2.23. The summed E-state index contributed by atoms with van der Waals surface area (Å²) in [6, 6.07) is 0. The van der Waals surface area contributed by atoms with Gasteiger partial charge >= 0.3 is 0 Å². The van der Waals surface area contributed by atoms with Gasteiger partial charge in [-0.05, 0) is 31.8 Å². The first-order valence-electron chi connectivity index (χ1n) is 5.53. The highest BCUT2D eigenvalue weighted by atomic mass is 14.5. The third kappa shape index (κ3) is 2.68. The molecule has 0 aromatic heterocycles. The molecule has 0 saturated heterocycles. The second-order valence-electron chi connectivity index (χ2n) is 3.92. The molecule has 13 heavy (non-hydrogen) atoms. The Morgan fingerprint density at radius 3 is 2.38 bits per heavy atom. The van der Waals surface area contributed by atoms with Gasteiger partial charge in [-0.25, -0.2) is 0 Å². The molecule has 1 aliphatic rings. The van der Waals surface area contributed by atoms with Crippen molar-refractivity contribution in [3.63, 3.8) is 0 Å². The van der Waals surface area contributed by atoms with Crippen LogP contribution in [0.3, 0.4) is 0 Å². The van der Waals surface area contributed by atoms with Crippen molar-refractivity contribution in [2.75, 3.05) is 0 Å². The molecule has 0 atom stereocenters. The first kappa shape index (κ1) is 10.5. The van der Waals surface area contributed by atoms with Gasteiger partial charge in [0.2, 0.25) is 0 Å². The number of hydrogen-bond acceptors (Lipinski definition) is 1. The van der Waals surface area contributed by atoms with Gasteiger partial charge in [-0.1, -0.05) is 32.3 Å². The average Bonchev–Trinajstić information content (AvgIpc) is 2.21. The van der Waals surface area contributed by atoms with Crippen LogP contribution in [0.5, 0.6) is 0 Å². The summed E-state index contributed by atoms with van der Waals surface area (Å²) in [7, 11) is 0. The monoisotopic (exact) mass is 179 g/mol. The normalized spacial score (nSPS) is 20.3. The molecule has 0 unspecified atom stereocenters. The van der Waals surface area contributed by atoms with Gasteiger partial charge in [-0.3, -0.25) is 0 Å². The Morgan fingerprint density at radius 2 is 1.92 bits per heavy atom. The van der Waals surface area contributed by atoms with Crippen LogP contribution < -0.4 is 0 Å². The summed E-state index contributed by atoms with van der Waals surface area (Å²) in [4.78, 5) is 0. The summed E-state index contributed by atoms with van der Waals surface area (Å²) in [5.41, 5.74) is 2.18. The Kier molecular flexibility index (Phi) is 4.20. The van der Waals surface area contributed by atoms with Gasteiger partial charge in [0.1, 0.15) is 0 Å². The van der Waals surface area contributed by atoms with E-state index < -0.39 is 0 Å². The maximum Gasteiger partial charge on any atom is 0.0373 e. The summed E-state index contributed by atoms with van der Waals surface area (Å²) < 4.78 is 0. The maximum absolute atomic E-state index is 8.07. The van der Waals surface area contributed by atoms with Crippen LogP contribution in [0.25, 0.3) is 0 Å².